The molecule has 0 fully saturated rings. The Morgan fingerprint density at radius 1 is 0.750 bits per heavy atom. The molecule has 1 unspecified atom stereocenters. The molecule has 0 saturated heterocycles. The standard InChI is InChI=1S/C15H14.C13H9.C10H17Si.Zr/c1-12-3-7-14(8-4-12)11-15-9-5-13(2)6-10-15;1-3-7-12-10(5-1)9-11-6-2-4-8-13(11)12;1-8-6-9(2)10(7-8)11(3,4)5;/h3-10H,1-2H3;1-5,7-8H,9H2;7-8H,1-5H3;/q;2*-1;+2. The molecule has 0 saturated carbocycles. The molecule has 0 heterocycles. The van der Waals surface area contributed by atoms with E-state index in [1.54, 1.807) is 5.20 Å². The predicted octanol–water partition coefficient (Wildman–Crippen LogP) is 9.67. The number of rotatable bonds is 3. The number of benzene rings is 4. The molecular weight excluding hydrogens is 576 g/mol. The number of fused-ring (bicyclic) bond motifs is 3. The van der Waals surface area contributed by atoms with Gasteiger partial charge in [-0.1, -0.05) is 74.8 Å². The number of allylic oxidation sites excluding steroid dienone is 4. The summed E-state index contributed by atoms with van der Waals surface area (Å²) in [5.41, 5.74) is 12.2. The summed E-state index contributed by atoms with van der Waals surface area (Å²) in [5.74, 6) is 0.553. The number of hydrogen-bond acceptors (Lipinski definition) is 0. The molecule has 0 radical (unpaired) electrons. The normalized spacial score (nSPS) is 15.0. The SMILES string of the molecule is CC1=[C-]C(C)C=C1[Si](C)(C)C.Cc1ccc([C](=[Zr+2])c2ccc(C)cc2)cc1.[c-]1cccc2c1Cc1ccccc1-2. The van der Waals surface area contributed by atoms with Gasteiger partial charge in [0.15, 0.2) is 0 Å². The van der Waals surface area contributed by atoms with Crippen LogP contribution in [-0.4, -0.2) is 11.3 Å². The van der Waals surface area contributed by atoms with Crippen molar-refractivity contribution >= 4 is 11.3 Å². The first-order chi connectivity index (χ1) is 19.0. The van der Waals surface area contributed by atoms with E-state index >= 15 is 0 Å². The molecular formula is C38H40SiZr. The van der Waals surface area contributed by atoms with Crippen molar-refractivity contribution in [3.8, 4) is 11.1 Å². The molecule has 200 valence electrons. The third-order valence-corrected chi connectivity index (χ3v) is 10.9. The van der Waals surface area contributed by atoms with E-state index in [-0.39, 0.29) is 0 Å². The largest absolute Gasteiger partial charge is 0.179 e. The molecule has 2 aliphatic carbocycles. The Hall–Kier alpha value is -2.67. The van der Waals surface area contributed by atoms with E-state index in [1.807, 2.05) is 6.07 Å². The fourth-order valence-electron chi connectivity index (χ4n) is 5.25. The maximum absolute atomic E-state index is 3.43. The Morgan fingerprint density at radius 2 is 1.30 bits per heavy atom. The van der Waals surface area contributed by atoms with E-state index < -0.39 is 8.07 Å². The van der Waals surface area contributed by atoms with Crippen molar-refractivity contribution in [3.63, 3.8) is 0 Å². The Morgan fingerprint density at radius 3 is 1.80 bits per heavy atom. The molecule has 40 heavy (non-hydrogen) atoms. The number of aryl methyl sites for hydroxylation is 2. The van der Waals surface area contributed by atoms with Gasteiger partial charge in [0.05, 0.1) is 0 Å². The molecule has 4 aromatic carbocycles. The number of hydrogen-bond donors (Lipinski definition) is 0. The van der Waals surface area contributed by atoms with Crippen LogP contribution in [0.1, 0.15) is 47.2 Å². The van der Waals surface area contributed by atoms with E-state index in [0.717, 1.165) is 6.42 Å². The topological polar surface area (TPSA) is 0 Å². The molecule has 1 atom stereocenters. The molecule has 0 amide bonds. The summed E-state index contributed by atoms with van der Waals surface area (Å²) in [6.07, 6.45) is 6.86. The Kier molecular flexibility index (Phi) is 10.1. The zero-order chi connectivity index (χ0) is 28.9. The average molecular weight is 616 g/mol. The van der Waals surface area contributed by atoms with E-state index in [9.17, 15) is 0 Å². The third kappa shape index (κ3) is 7.74. The van der Waals surface area contributed by atoms with E-state index in [4.69, 9.17) is 0 Å². The van der Waals surface area contributed by atoms with Crippen LogP contribution < -0.4 is 0 Å². The molecule has 0 spiro atoms. The second-order valence-corrected chi connectivity index (χ2v) is 18.2. The zero-order valence-corrected chi connectivity index (χ0v) is 28.5. The van der Waals surface area contributed by atoms with Gasteiger partial charge >= 0.3 is 112 Å². The summed E-state index contributed by atoms with van der Waals surface area (Å²) in [6.45, 7) is 15.8. The second kappa shape index (κ2) is 13.3. The van der Waals surface area contributed by atoms with Gasteiger partial charge in [-0.2, -0.15) is 35.9 Å². The van der Waals surface area contributed by atoms with Crippen LogP contribution in [0.5, 0.6) is 0 Å². The van der Waals surface area contributed by atoms with Crippen LogP contribution in [0.15, 0.2) is 108 Å². The Balaban J connectivity index is 0.000000141. The molecule has 0 aliphatic heterocycles. The zero-order valence-electron chi connectivity index (χ0n) is 25.0. The van der Waals surface area contributed by atoms with E-state index in [0.29, 0.717) is 5.92 Å². The van der Waals surface area contributed by atoms with Crippen LogP contribution in [0.3, 0.4) is 0 Å². The summed E-state index contributed by atoms with van der Waals surface area (Å²) >= 11 is 1.46. The van der Waals surface area contributed by atoms with Gasteiger partial charge in [-0.15, -0.1) is 5.56 Å². The first-order valence-electron chi connectivity index (χ1n) is 14.2. The van der Waals surface area contributed by atoms with Crippen molar-refractivity contribution in [2.24, 2.45) is 5.92 Å². The van der Waals surface area contributed by atoms with Gasteiger partial charge in [-0.05, 0) is 14.5 Å². The molecule has 6 rings (SSSR count). The summed E-state index contributed by atoms with van der Waals surface area (Å²) in [4.78, 5) is 0. The molecule has 0 aromatic heterocycles. The first-order valence-corrected chi connectivity index (χ1v) is 18.9. The molecule has 2 heteroatoms. The summed E-state index contributed by atoms with van der Waals surface area (Å²) < 4.78 is 1.42. The monoisotopic (exact) mass is 614 g/mol. The van der Waals surface area contributed by atoms with Gasteiger partial charge in [-0.3, -0.25) is 6.08 Å². The van der Waals surface area contributed by atoms with Gasteiger partial charge < -0.3 is 0 Å². The van der Waals surface area contributed by atoms with Crippen LogP contribution in [0, 0.1) is 31.9 Å². The van der Waals surface area contributed by atoms with Crippen LogP contribution in [0.25, 0.3) is 11.1 Å². The van der Waals surface area contributed by atoms with Crippen LogP contribution >= 0.6 is 0 Å². The van der Waals surface area contributed by atoms with Gasteiger partial charge in [0, 0.05) is 0 Å². The quantitative estimate of drug-likeness (QED) is 0.140. The molecule has 4 aromatic rings. The third-order valence-electron chi connectivity index (χ3n) is 7.37. The van der Waals surface area contributed by atoms with Crippen molar-refractivity contribution in [2.75, 3.05) is 0 Å². The minimum absolute atomic E-state index is 0.553. The predicted molar refractivity (Wildman–Crippen MR) is 172 cm³/mol. The minimum Gasteiger partial charge on any atom is -0.179 e. The van der Waals surface area contributed by atoms with Crippen molar-refractivity contribution < 1.29 is 24.2 Å². The summed E-state index contributed by atoms with van der Waals surface area (Å²) in [7, 11) is -1.07. The average Bonchev–Trinajstić information content (AvgIpc) is 3.49. The molecule has 0 N–H and O–H groups in total. The maximum atomic E-state index is 3.43. The van der Waals surface area contributed by atoms with Crippen LogP contribution in [0.4, 0.5) is 0 Å². The van der Waals surface area contributed by atoms with E-state index in [1.165, 1.54) is 77.5 Å². The first kappa shape index (κ1) is 30.3. The van der Waals surface area contributed by atoms with Crippen molar-refractivity contribution in [3.05, 3.63) is 153 Å². The summed E-state index contributed by atoms with van der Waals surface area (Å²) in [5, 5.41) is 1.60. The van der Waals surface area contributed by atoms with Gasteiger partial charge in [0.25, 0.3) is 0 Å². The molecule has 0 bridgehead atoms. The van der Waals surface area contributed by atoms with Gasteiger partial charge in [-0.25, -0.2) is 10.8 Å². The van der Waals surface area contributed by atoms with Gasteiger partial charge in [0.1, 0.15) is 0 Å². The van der Waals surface area contributed by atoms with Crippen molar-refractivity contribution in [2.45, 2.75) is 53.8 Å². The van der Waals surface area contributed by atoms with Gasteiger partial charge in [0.2, 0.25) is 0 Å². The van der Waals surface area contributed by atoms with Crippen LogP contribution in [0.2, 0.25) is 19.6 Å². The van der Waals surface area contributed by atoms with E-state index in [2.05, 4.69) is 150 Å². The Bertz CT molecular complexity index is 1440. The van der Waals surface area contributed by atoms with Crippen LogP contribution in [-0.2, 0) is 30.7 Å². The second-order valence-electron chi connectivity index (χ2n) is 11.9. The molecule has 0 nitrogen and oxygen atoms in total. The Labute approximate surface area is 258 Å². The summed E-state index contributed by atoms with van der Waals surface area (Å²) in [6, 6.07) is 35.6. The maximum Gasteiger partial charge on any atom is -0.0253 e. The fourth-order valence-corrected chi connectivity index (χ4v) is 8.02. The minimum atomic E-state index is -1.07. The van der Waals surface area contributed by atoms with Crippen molar-refractivity contribution in [1.82, 2.24) is 0 Å². The molecule has 2 aliphatic rings. The smallest absolute Gasteiger partial charge is 0.0253 e. The fraction of sp³-hybridized carbons (Fsp3) is 0.237. The van der Waals surface area contributed by atoms with Crippen molar-refractivity contribution in [1.29, 1.82) is 0 Å².